The first kappa shape index (κ1) is 15.2. The minimum absolute atomic E-state index is 0.125. The van der Waals surface area contributed by atoms with Crippen molar-refractivity contribution in [1.82, 2.24) is 5.32 Å². The summed E-state index contributed by atoms with van der Waals surface area (Å²) in [6, 6.07) is 4.62. The molecule has 104 valence electrons. The Labute approximate surface area is 113 Å². The molecule has 1 rings (SSSR count). The van der Waals surface area contributed by atoms with Gasteiger partial charge in [0.15, 0.2) is 0 Å². The maximum Gasteiger partial charge on any atom is 0.335 e. The Morgan fingerprint density at radius 2 is 1.89 bits per heavy atom. The van der Waals surface area contributed by atoms with Crippen molar-refractivity contribution in [2.75, 3.05) is 11.9 Å². The van der Waals surface area contributed by atoms with Gasteiger partial charge in [-0.25, -0.2) is 4.79 Å². The SMILES string of the molecule is Cc1cc(C(=O)O)ccc1NC(=O)CNC(C)(C)C. The van der Waals surface area contributed by atoms with Gasteiger partial charge >= 0.3 is 5.97 Å². The highest BCUT2D eigenvalue weighted by atomic mass is 16.4. The van der Waals surface area contributed by atoms with Gasteiger partial charge in [-0.1, -0.05) is 0 Å². The molecule has 1 aromatic rings. The van der Waals surface area contributed by atoms with Gasteiger partial charge in [-0.15, -0.1) is 0 Å². The van der Waals surface area contributed by atoms with Crippen LogP contribution in [0.3, 0.4) is 0 Å². The zero-order valence-corrected chi connectivity index (χ0v) is 11.7. The molecular weight excluding hydrogens is 244 g/mol. The van der Waals surface area contributed by atoms with Crippen LogP contribution >= 0.6 is 0 Å². The lowest BCUT2D eigenvalue weighted by Gasteiger charge is -2.20. The second kappa shape index (κ2) is 5.84. The topological polar surface area (TPSA) is 78.4 Å². The average Bonchev–Trinajstić information content (AvgIpc) is 2.28. The number of carboxylic acid groups (broad SMARTS) is 1. The predicted octanol–water partition coefficient (Wildman–Crippen LogP) is 2.02. The molecule has 0 heterocycles. The summed E-state index contributed by atoms with van der Waals surface area (Å²) in [4.78, 5) is 22.5. The van der Waals surface area contributed by atoms with Crippen LogP contribution in [0.5, 0.6) is 0 Å². The highest BCUT2D eigenvalue weighted by Crippen LogP contribution is 2.16. The fraction of sp³-hybridized carbons (Fsp3) is 0.429. The molecule has 0 saturated carbocycles. The first-order valence-corrected chi connectivity index (χ1v) is 6.08. The van der Waals surface area contributed by atoms with Crippen LogP contribution in [0.15, 0.2) is 18.2 Å². The number of aromatic carboxylic acids is 1. The van der Waals surface area contributed by atoms with Crippen LogP contribution in [-0.2, 0) is 4.79 Å². The fourth-order valence-corrected chi connectivity index (χ4v) is 1.48. The van der Waals surface area contributed by atoms with Crippen molar-refractivity contribution >= 4 is 17.6 Å². The van der Waals surface area contributed by atoms with Gasteiger partial charge in [0.25, 0.3) is 0 Å². The number of carbonyl (C=O) groups excluding carboxylic acids is 1. The Bertz CT molecular complexity index is 490. The van der Waals surface area contributed by atoms with Crippen LogP contribution < -0.4 is 10.6 Å². The molecule has 0 aliphatic rings. The first-order valence-electron chi connectivity index (χ1n) is 6.08. The number of carbonyl (C=O) groups is 2. The third kappa shape index (κ3) is 5.09. The van der Waals surface area contributed by atoms with E-state index in [0.717, 1.165) is 5.56 Å². The molecule has 0 saturated heterocycles. The lowest BCUT2D eigenvalue weighted by molar-refractivity contribution is -0.115. The van der Waals surface area contributed by atoms with Gasteiger partial charge in [-0.3, -0.25) is 4.79 Å². The number of aryl methyl sites for hydroxylation is 1. The Hall–Kier alpha value is -1.88. The Morgan fingerprint density at radius 3 is 2.37 bits per heavy atom. The fourth-order valence-electron chi connectivity index (χ4n) is 1.48. The first-order chi connectivity index (χ1) is 8.69. The number of nitrogens with one attached hydrogen (secondary N) is 2. The molecule has 0 aliphatic heterocycles. The Kier molecular flexibility index (Phi) is 4.67. The second-order valence-electron chi connectivity index (χ2n) is 5.49. The molecule has 0 atom stereocenters. The number of anilines is 1. The van der Waals surface area contributed by atoms with Gasteiger partial charge in [0.05, 0.1) is 12.1 Å². The molecule has 1 aromatic carbocycles. The molecule has 0 aliphatic carbocycles. The van der Waals surface area contributed by atoms with Crippen molar-refractivity contribution in [2.45, 2.75) is 33.2 Å². The minimum Gasteiger partial charge on any atom is -0.478 e. The van der Waals surface area contributed by atoms with Crippen LogP contribution in [0.25, 0.3) is 0 Å². The zero-order chi connectivity index (χ0) is 14.6. The van der Waals surface area contributed by atoms with E-state index in [-0.39, 0.29) is 23.6 Å². The van der Waals surface area contributed by atoms with Crippen molar-refractivity contribution in [1.29, 1.82) is 0 Å². The van der Waals surface area contributed by atoms with Crippen molar-refractivity contribution < 1.29 is 14.7 Å². The lowest BCUT2D eigenvalue weighted by Crippen LogP contribution is -2.41. The van der Waals surface area contributed by atoms with Gasteiger partial charge in [-0.2, -0.15) is 0 Å². The van der Waals surface area contributed by atoms with Crippen molar-refractivity contribution in [3.8, 4) is 0 Å². The number of benzene rings is 1. The molecule has 19 heavy (non-hydrogen) atoms. The van der Waals surface area contributed by atoms with E-state index in [4.69, 9.17) is 5.11 Å². The van der Waals surface area contributed by atoms with E-state index >= 15 is 0 Å². The van der Waals surface area contributed by atoms with Crippen molar-refractivity contribution in [3.63, 3.8) is 0 Å². The number of hydrogen-bond donors (Lipinski definition) is 3. The van der Waals surface area contributed by atoms with E-state index in [0.29, 0.717) is 5.69 Å². The molecule has 0 aromatic heterocycles. The number of carboxylic acids is 1. The van der Waals surface area contributed by atoms with Gasteiger partial charge in [-0.05, 0) is 51.5 Å². The summed E-state index contributed by atoms with van der Waals surface area (Å²) in [6.45, 7) is 7.91. The van der Waals surface area contributed by atoms with E-state index in [1.54, 1.807) is 13.0 Å². The molecule has 5 nitrogen and oxygen atoms in total. The van der Waals surface area contributed by atoms with E-state index < -0.39 is 5.97 Å². The van der Waals surface area contributed by atoms with Crippen molar-refractivity contribution in [2.24, 2.45) is 0 Å². The summed E-state index contributed by atoms with van der Waals surface area (Å²) < 4.78 is 0. The third-order valence-electron chi connectivity index (χ3n) is 2.53. The summed E-state index contributed by atoms with van der Waals surface area (Å²) in [6.07, 6.45) is 0. The third-order valence-corrected chi connectivity index (χ3v) is 2.53. The predicted molar refractivity (Wildman–Crippen MR) is 74.5 cm³/mol. The standard InChI is InChI=1S/C14H20N2O3/c1-9-7-10(13(18)19)5-6-11(9)16-12(17)8-15-14(2,3)4/h5-7,15H,8H2,1-4H3,(H,16,17)(H,18,19). The molecule has 3 N–H and O–H groups in total. The monoisotopic (exact) mass is 264 g/mol. The smallest absolute Gasteiger partial charge is 0.335 e. The maximum absolute atomic E-state index is 11.7. The van der Waals surface area contributed by atoms with Gasteiger partial charge in [0.2, 0.25) is 5.91 Å². The molecular formula is C14H20N2O3. The van der Waals surface area contributed by atoms with Gasteiger partial charge < -0.3 is 15.7 Å². The summed E-state index contributed by atoms with van der Waals surface area (Å²) in [5, 5.41) is 14.7. The minimum atomic E-state index is -0.977. The van der Waals surface area contributed by atoms with Gasteiger partial charge in [0.1, 0.15) is 0 Å². The molecule has 0 fully saturated rings. The molecule has 0 bridgehead atoms. The highest BCUT2D eigenvalue weighted by molar-refractivity contribution is 5.94. The van der Waals surface area contributed by atoms with Crippen LogP contribution in [0.1, 0.15) is 36.7 Å². The summed E-state index contributed by atoms with van der Waals surface area (Å²) in [7, 11) is 0. The average molecular weight is 264 g/mol. The number of amides is 1. The zero-order valence-electron chi connectivity index (χ0n) is 11.7. The summed E-state index contributed by atoms with van der Waals surface area (Å²) in [5.74, 6) is -1.13. The Morgan fingerprint density at radius 1 is 1.26 bits per heavy atom. The summed E-state index contributed by atoms with van der Waals surface area (Å²) >= 11 is 0. The molecule has 1 amide bonds. The lowest BCUT2D eigenvalue weighted by atomic mass is 10.1. The van der Waals surface area contributed by atoms with Crippen LogP contribution in [0.2, 0.25) is 0 Å². The number of rotatable bonds is 4. The molecule has 0 unspecified atom stereocenters. The van der Waals surface area contributed by atoms with E-state index in [2.05, 4.69) is 10.6 Å². The molecule has 5 heteroatoms. The van der Waals surface area contributed by atoms with E-state index in [1.807, 2.05) is 20.8 Å². The van der Waals surface area contributed by atoms with Crippen LogP contribution in [-0.4, -0.2) is 29.1 Å². The van der Waals surface area contributed by atoms with Gasteiger partial charge in [0, 0.05) is 11.2 Å². The Balaban J connectivity index is 2.67. The van der Waals surface area contributed by atoms with Crippen molar-refractivity contribution in [3.05, 3.63) is 29.3 Å². The normalized spacial score (nSPS) is 11.2. The quantitative estimate of drug-likeness (QED) is 0.777. The number of hydrogen-bond acceptors (Lipinski definition) is 3. The second-order valence-corrected chi connectivity index (χ2v) is 5.49. The van der Waals surface area contributed by atoms with E-state index in [1.165, 1.54) is 12.1 Å². The van der Waals surface area contributed by atoms with Crippen LogP contribution in [0, 0.1) is 6.92 Å². The highest BCUT2D eigenvalue weighted by Gasteiger charge is 2.12. The molecule has 0 radical (unpaired) electrons. The summed E-state index contributed by atoms with van der Waals surface area (Å²) in [5.41, 5.74) is 1.44. The van der Waals surface area contributed by atoms with Crippen LogP contribution in [0.4, 0.5) is 5.69 Å². The largest absolute Gasteiger partial charge is 0.478 e. The molecule has 0 spiro atoms. The maximum atomic E-state index is 11.7. The van der Waals surface area contributed by atoms with E-state index in [9.17, 15) is 9.59 Å².